The molecule has 2 heterocycles. The number of amides is 1. The third kappa shape index (κ3) is 3.65. The van der Waals surface area contributed by atoms with Crippen molar-refractivity contribution in [2.75, 3.05) is 5.32 Å². The number of pyridine rings is 1. The lowest BCUT2D eigenvalue weighted by atomic mass is 10.2. The van der Waals surface area contributed by atoms with Gasteiger partial charge in [-0.15, -0.1) is 0 Å². The molecule has 0 unspecified atom stereocenters. The molecule has 0 fully saturated rings. The van der Waals surface area contributed by atoms with Crippen LogP contribution >= 0.6 is 0 Å². The molecular weight excluding hydrogens is 304 g/mol. The van der Waals surface area contributed by atoms with Gasteiger partial charge in [-0.1, -0.05) is 12.1 Å². The highest BCUT2D eigenvalue weighted by Gasteiger charge is 2.06. The topological polar surface area (TPSA) is 76.9 Å². The summed E-state index contributed by atoms with van der Waals surface area (Å²) in [5.74, 6) is 0.430. The van der Waals surface area contributed by atoms with Crippen molar-refractivity contribution in [1.29, 1.82) is 0 Å². The summed E-state index contributed by atoms with van der Waals surface area (Å²) >= 11 is 0. The zero-order chi connectivity index (χ0) is 16.9. The lowest BCUT2D eigenvalue weighted by molar-refractivity contribution is -0.116. The predicted octanol–water partition coefficient (Wildman–Crippen LogP) is 2.52. The van der Waals surface area contributed by atoms with Gasteiger partial charge in [-0.05, 0) is 43.2 Å². The lowest BCUT2D eigenvalue weighted by Gasteiger charge is -2.07. The second kappa shape index (κ2) is 7.04. The summed E-state index contributed by atoms with van der Waals surface area (Å²) in [5, 5.41) is 3.35. The van der Waals surface area contributed by atoms with E-state index in [4.69, 9.17) is 0 Å². The molecule has 1 amide bonds. The van der Waals surface area contributed by atoms with Crippen LogP contribution in [0.4, 0.5) is 5.82 Å². The standard InChI is InChI=1S/C18H18N4O2/c1-13-8-9-19-16(11-13)21-17(23)7-4-10-22-12-20-15-6-3-2-5-14(15)18(22)24/h2-3,5-6,8-9,11-12H,4,7,10H2,1H3,(H,19,21,23). The van der Waals surface area contributed by atoms with Gasteiger partial charge >= 0.3 is 0 Å². The number of carbonyl (C=O) groups excluding carboxylic acids is 1. The monoisotopic (exact) mass is 322 g/mol. The molecule has 0 aliphatic heterocycles. The molecule has 0 atom stereocenters. The Balaban J connectivity index is 1.59. The van der Waals surface area contributed by atoms with E-state index in [1.165, 1.54) is 6.33 Å². The van der Waals surface area contributed by atoms with Gasteiger partial charge in [0.25, 0.3) is 5.56 Å². The highest BCUT2D eigenvalue weighted by Crippen LogP contribution is 2.07. The van der Waals surface area contributed by atoms with Gasteiger partial charge in [0, 0.05) is 19.2 Å². The normalized spacial score (nSPS) is 10.7. The van der Waals surface area contributed by atoms with Gasteiger partial charge in [0.2, 0.25) is 5.91 Å². The van der Waals surface area contributed by atoms with Crippen molar-refractivity contribution in [3.8, 4) is 0 Å². The lowest BCUT2D eigenvalue weighted by Crippen LogP contribution is -2.21. The second-order valence-corrected chi connectivity index (χ2v) is 5.63. The molecular formula is C18H18N4O2. The minimum atomic E-state index is -0.116. The van der Waals surface area contributed by atoms with E-state index in [9.17, 15) is 9.59 Å². The summed E-state index contributed by atoms with van der Waals surface area (Å²) in [4.78, 5) is 32.7. The molecule has 0 radical (unpaired) electrons. The van der Waals surface area contributed by atoms with E-state index < -0.39 is 0 Å². The van der Waals surface area contributed by atoms with E-state index in [2.05, 4.69) is 15.3 Å². The summed E-state index contributed by atoms with van der Waals surface area (Å²) in [5.41, 5.74) is 1.64. The number of aryl methyl sites for hydroxylation is 2. The first-order valence-electron chi connectivity index (χ1n) is 7.80. The van der Waals surface area contributed by atoms with Crippen LogP contribution in [0.25, 0.3) is 10.9 Å². The maximum Gasteiger partial charge on any atom is 0.261 e. The number of nitrogens with zero attached hydrogens (tertiary/aromatic N) is 3. The van der Waals surface area contributed by atoms with Crippen molar-refractivity contribution in [2.24, 2.45) is 0 Å². The Morgan fingerprint density at radius 2 is 2.04 bits per heavy atom. The number of anilines is 1. The van der Waals surface area contributed by atoms with Crippen LogP contribution in [0.1, 0.15) is 18.4 Å². The average Bonchev–Trinajstić information content (AvgIpc) is 2.57. The van der Waals surface area contributed by atoms with Crippen LogP contribution in [0, 0.1) is 6.92 Å². The molecule has 6 nitrogen and oxygen atoms in total. The Labute approximate surface area is 139 Å². The Morgan fingerprint density at radius 1 is 1.21 bits per heavy atom. The van der Waals surface area contributed by atoms with Gasteiger partial charge in [0.1, 0.15) is 5.82 Å². The summed E-state index contributed by atoms with van der Waals surface area (Å²) in [7, 11) is 0. The smallest absolute Gasteiger partial charge is 0.261 e. The number of carbonyl (C=O) groups is 1. The highest BCUT2D eigenvalue weighted by atomic mass is 16.1. The predicted molar refractivity (Wildman–Crippen MR) is 92.8 cm³/mol. The molecule has 24 heavy (non-hydrogen) atoms. The van der Waals surface area contributed by atoms with Crippen LogP contribution in [-0.4, -0.2) is 20.4 Å². The molecule has 2 aromatic heterocycles. The maximum atomic E-state index is 12.3. The number of hydrogen-bond acceptors (Lipinski definition) is 4. The van der Waals surface area contributed by atoms with Crippen LogP contribution in [0.15, 0.2) is 53.7 Å². The van der Waals surface area contributed by atoms with Gasteiger partial charge in [-0.25, -0.2) is 9.97 Å². The first-order chi connectivity index (χ1) is 11.6. The fourth-order valence-electron chi connectivity index (χ4n) is 2.49. The summed E-state index contributed by atoms with van der Waals surface area (Å²) in [6.45, 7) is 2.39. The molecule has 0 bridgehead atoms. The van der Waals surface area contributed by atoms with Crippen LogP contribution < -0.4 is 10.9 Å². The second-order valence-electron chi connectivity index (χ2n) is 5.63. The minimum Gasteiger partial charge on any atom is -0.311 e. The number of aromatic nitrogens is 3. The molecule has 0 saturated heterocycles. The molecule has 1 aromatic carbocycles. The molecule has 3 aromatic rings. The number of benzene rings is 1. The Morgan fingerprint density at radius 3 is 2.88 bits per heavy atom. The molecule has 0 saturated carbocycles. The summed E-state index contributed by atoms with van der Waals surface area (Å²) < 4.78 is 1.54. The quantitative estimate of drug-likeness (QED) is 0.783. The van der Waals surface area contributed by atoms with Crippen molar-refractivity contribution in [2.45, 2.75) is 26.3 Å². The zero-order valence-electron chi connectivity index (χ0n) is 13.4. The van der Waals surface area contributed by atoms with Crippen molar-refractivity contribution >= 4 is 22.6 Å². The SMILES string of the molecule is Cc1ccnc(NC(=O)CCCn2cnc3ccccc3c2=O)c1. The van der Waals surface area contributed by atoms with Gasteiger partial charge in [-0.3, -0.25) is 14.2 Å². The van der Waals surface area contributed by atoms with Crippen molar-refractivity contribution < 1.29 is 4.79 Å². The minimum absolute atomic E-state index is 0.0821. The Kier molecular flexibility index (Phi) is 4.65. The Bertz CT molecular complexity index is 933. The van der Waals surface area contributed by atoms with E-state index in [-0.39, 0.29) is 11.5 Å². The number of nitrogens with one attached hydrogen (secondary N) is 1. The van der Waals surface area contributed by atoms with Crippen molar-refractivity contribution in [1.82, 2.24) is 14.5 Å². The summed E-state index contributed by atoms with van der Waals surface area (Å²) in [6.07, 6.45) is 4.06. The fourth-order valence-corrected chi connectivity index (χ4v) is 2.49. The molecule has 0 spiro atoms. The Hall–Kier alpha value is -3.02. The van der Waals surface area contributed by atoms with E-state index >= 15 is 0 Å². The number of rotatable bonds is 5. The highest BCUT2D eigenvalue weighted by molar-refractivity contribution is 5.89. The summed E-state index contributed by atoms with van der Waals surface area (Å²) in [6, 6.07) is 10.9. The molecule has 6 heteroatoms. The van der Waals surface area contributed by atoms with Gasteiger partial charge in [0.15, 0.2) is 0 Å². The third-order valence-electron chi connectivity index (χ3n) is 3.72. The molecule has 1 N–H and O–H groups in total. The first kappa shape index (κ1) is 15.9. The molecule has 0 aliphatic carbocycles. The van der Waals surface area contributed by atoms with Crippen LogP contribution in [-0.2, 0) is 11.3 Å². The third-order valence-corrected chi connectivity index (χ3v) is 3.72. The van der Waals surface area contributed by atoms with Crippen LogP contribution in [0.3, 0.4) is 0 Å². The van der Waals surface area contributed by atoms with Gasteiger partial charge in [0.05, 0.1) is 17.2 Å². The van der Waals surface area contributed by atoms with Gasteiger partial charge in [-0.2, -0.15) is 0 Å². The van der Waals surface area contributed by atoms with E-state index in [1.54, 1.807) is 16.8 Å². The number of para-hydroxylation sites is 1. The molecule has 3 rings (SSSR count). The zero-order valence-corrected chi connectivity index (χ0v) is 13.4. The fraction of sp³-hybridized carbons (Fsp3) is 0.222. The number of fused-ring (bicyclic) bond motifs is 1. The van der Waals surface area contributed by atoms with Crippen LogP contribution in [0.5, 0.6) is 0 Å². The largest absolute Gasteiger partial charge is 0.311 e. The van der Waals surface area contributed by atoms with Crippen LogP contribution in [0.2, 0.25) is 0 Å². The van der Waals surface area contributed by atoms with Crippen molar-refractivity contribution in [3.05, 3.63) is 64.8 Å². The molecule has 122 valence electrons. The molecule has 0 aliphatic rings. The first-order valence-corrected chi connectivity index (χ1v) is 7.80. The number of hydrogen-bond donors (Lipinski definition) is 1. The van der Waals surface area contributed by atoms with Gasteiger partial charge < -0.3 is 5.32 Å². The maximum absolute atomic E-state index is 12.3. The van der Waals surface area contributed by atoms with Crippen molar-refractivity contribution in [3.63, 3.8) is 0 Å². The van der Waals surface area contributed by atoms with E-state index in [1.807, 2.05) is 37.3 Å². The van der Waals surface area contributed by atoms with E-state index in [0.29, 0.717) is 36.1 Å². The van der Waals surface area contributed by atoms with E-state index in [0.717, 1.165) is 5.56 Å². The average molecular weight is 322 g/mol.